The Morgan fingerprint density at radius 2 is 1.48 bits per heavy atom. The van der Waals surface area contributed by atoms with E-state index in [1.165, 1.54) is 0 Å². The number of rotatable bonds is 0. The number of aromatic nitrogens is 2. The van der Waals surface area contributed by atoms with Gasteiger partial charge in [-0.05, 0) is 34.9 Å². The number of para-hydroxylation sites is 4. The molecule has 0 bridgehead atoms. The largest absolute Gasteiger partial charge is 2.00 e. The molecule has 1 aromatic heterocycles. The number of anilines is 2. The minimum atomic E-state index is -0.0441. The Balaban J connectivity index is 0.000000147. The maximum Gasteiger partial charge on any atom is 2.00 e. The van der Waals surface area contributed by atoms with Gasteiger partial charge >= 0.3 is 19.5 Å². The molecule has 21 heavy (non-hydrogen) atoms. The third kappa shape index (κ3) is 3.87. The molecule has 0 aliphatic carbocycles. The van der Waals surface area contributed by atoms with Crippen LogP contribution < -0.4 is 10.6 Å². The van der Waals surface area contributed by atoms with Crippen molar-refractivity contribution in [2.75, 3.05) is 10.6 Å². The monoisotopic (exact) mass is 364 g/mol. The van der Waals surface area contributed by atoms with Gasteiger partial charge in [0.1, 0.15) is 0 Å². The number of fused-ring (bicyclic) bond motifs is 2. The number of imidazole rings is 1. The summed E-state index contributed by atoms with van der Waals surface area (Å²) in [4.78, 5) is 7.03. The first-order valence-corrected chi connectivity index (χ1v) is 7.00. The molecule has 0 saturated heterocycles. The van der Waals surface area contributed by atoms with Crippen molar-refractivity contribution < 1.29 is 19.5 Å². The summed E-state index contributed by atoms with van der Waals surface area (Å²) >= 11 is 9.83. The standard InChI is InChI=1S/C7H8N2S.C7H6N2S.Zn/c2*10-7-8-5-3-1-2-4-6(5)9-7;/h1-4,7-10H;1-4H,(H2,8,9,10);/q;;+2/p-2. The fraction of sp³-hybridized carbons (Fsp3) is 0.0714. The van der Waals surface area contributed by atoms with Crippen LogP contribution in [-0.4, -0.2) is 15.5 Å². The fourth-order valence-electron chi connectivity index (χ4n) is 1.98. The molecule has 3 N–H and O–H groups in total. The van der Waals surface area contributed by atoms with Crippen molar-refractivity contribution in [3.63, 3.8) is 0 Å². The van der Waals surface area contributed by atoms with Gasteiger partial charge in [-0.25, -0.2) is 0 Å². The zero-order valence-corrected chi connectivity index (χ0v) is 15.8. The summed E-state index contributed by atoms with van der Waals surface area (Å²) in [7, 11) is 0. The molecule has 4 nitrogen and oxygen atoms in total. The van der Waals surface area contributed by atoms with Crippen LogP contribution in [0.15, 0.2) is 53.7 Å². The predicted octanol–water partition coefficient (Wildman–Crippen LogP) is 2.82. The zero-order valence-electron chi connectivity index (χ0n) is 11.2. The summed E-state index contributed by atoms with van der Waals surface area (Å²) in [5.41, 5.74) is 4.10. The molecular formula is C14H12N4S2Zn. The van der Waals surface area contributed by atoms with Crippen LogP contribution in [0.2, 0.25) is 0 Å². The number of nitrogens with one attached hydrogen (secondary N) is 3. The fourth-order valence-corrected chi connectivity index (χ4v) is 2.45. The van der Waals surface area contributed by atoms with Crippen molar-refractivity contribution in [2.24, 2.45) is 0 Å². The summed E-state index contributed by atoms with van der Waals surface area (Å²) in [6.07, 6.45) is 0. The van der Waals surface area contributed by atoms with E-state index in [1.54, 1.807) is 0 Å². The number of hydrogen-bond acceptors (Lipinski definition) is 5. The maximum absolute atomic E-state index is 4.99. The molecule has 4 rings (SSSR count). The molecule has 0 unspecified atom stereocenters. The molecule has 102 valence electrons. The second-order valence-corrected chi connectivity index (χ2v) is 5.13. The van der Waals surface area contributed by atoms with Gasteiger partial charge in [0.25, 0.3) is 0 Å². The first kappa shape index (κ1) is 16.1. The molecule has 0 radical (unpaired) electrons. The van der Waals surface area contributed by atoms with E-state index in [9.17, 15) is 0 Å². The quantitative estimate of drug-likeness (QED) is 0.422. The van der Waals surface area contributed by atoms with E-state index >= 15 is 0 Å². The normalized spacial score (nSPS) is 12.4. The van der Waals surface area contributed by atoms with Crippen LogP contribution in [0.25, 0.3) is 11.0 Å². The second-order valence-electron chi connectivity index (χ2n) is 4.27. The van der Waals surface area contributed by atoms with Crippen LogP contribution in [-0.2, 0) is 44.7 Å². The minimum absolute atomic E-state index is 0. The van der Waals surface area contributed by atoms with Crippen molar-refractivity contribution in [3.05, 3.63) is 48.5 Å². The van der Waals surface area contributed by atoms with Crippen molar-refractivity contribution in [2.45, 2.75) is 10.7 Å². The average Bonchev–Trinajstić information content (AvgIpc) is 2.99. The van der Waals surface area contributed by atoms with E-state index in [0.29, 0.717) is 5.16 Å². The van der Waals surface area contributed by atoms with Gasteiger partial charge in [-0.2, -0.15) is 0 Å². The van der Waals surface area contributed by atoms with E-state index in [4.69, 9.17) is 25.3 Å². The third-order valence-electron chi connectivity index (χ3n) is 2.87. The summed E-state index contributed by atoms with van der Waals surface area (Å²) in [6, 6.07) is 15.8. The molecule has 2 heterocycles. The molecule has 0 saturated carbocycles. The average molecular weight is 366 g/mol. The number of H-pyrrole nitrogens is 1. The van der Waals surface area contributed by atoms with Crippen molar-refractivity contribution >= 4 is 47.7 Å². The minimum Gasteiger partial charge on any atom is -0.747 e. The molecule has 3 aromatic rings. The van der Waals surface area contributed by atoms with E-state index < -0.39 is 0 Å². The van der Waals surface area contributed by atoms with Gasteiger partial charge in [-0.3, -0.25) is 4.98 Å². The first-order chi connectivity index (χ1) is 9.72. The van der Waals surface area contributed by atoms with Crippen molar-refractivity contribution in [3.8, 4) is 0 Å². The molecule has 0 atom stereocenters. The van der Waals surface area contributed by atoms with E-state index in [-0.39, 0.29) is 25.0 Å². The Morgan fingerprint density at radius 3 is 2.10 bits per heavy atom. The molecule has 0 amide bonds. The van der Waals surface area contributed by atoms with E-state index in [1.807, 2.05) is 48.5 Å². The topological polar surface area (TPSA) is 52.7 Å². The van der Waals surface area contributed by atoms with Gasteiger partial charge in [-0.15, -0.1) is 0 Å². The van der Waals surface area contributed by atoms with Gasteiger partial charge < -0.3 is 40.9 Å². The van der Waals surface area contributed by atoms with Crippen LogP contribution >= 0.6 is 0 Å². The molecule has 0 spiro atoms. The van der Waals surface area contributed by atoms with E-state index in [2.05, 4.69) is 20.6 Å². The number of benzene rings is 2. The zero-order chi connectivity index (χ0) is 13.9. The molecule has 0 fully saturated rings. The Hall–Kier alpha value is -1.30. The second kappa shape index (κ2) is 7.11. The van der Waals surface area contributed by atoms with Crippen LogP contribution in [0, 0.1) is 0 Å². The first-order valence-electron chi connectivity index (χ1n) is 6.12. The Labute approximate surface area is 146 Å². The predicted molar refractivity (Wildman–Crippen MR) is 86.6 cm³/mol. The van der Waals surface area contributed by atoms with Crippen LogP contribution in [0.3, 0.4) is 0 Å². The van der Waals surface area contributed by atoms with Crippen LogP contribution in [0.5, 0.6) is 0 Å². The Morgan fingerprint density at radius 1 is 0.905 bits per heavy atom. The van der Waals surface area contributed by atoms with Gasteiger partial charge in [0.05, 0.1) is 22.4 Å². The molecule has 7 heteroatoms. The number of aromatic amines is 1. The van der Waals surface area contributed by atoms with Crippen LogP contribution in [0.1, 0.15) is 0 Å². The molecule has 2 aromatic carbocycles. The van der Waals surface area contributed by atoms with Crippen molar-refractivity contribution in [1.82, 2.24) is 9.97 Å². The van der Waals surface area contributed by atoms with E-state index in [0.717, 1.165) is 22.4 Å². The third-order valence-corrected chi connectivity index (χ3v) is 3.30. The van der Waals surface area contributed by atoms with Gasteiger partial charge in [0.15, 0.2) is 0 Å². The van der Waals surface area contributed by atoms with Gasteiger partial charge in [-0.1, -0.05) is 24.3 Å². The summed E-state index contributed by atoms with van der Waals surface area (Å²) in [5.74, 6) is 0. The Bertz CT molecular complexity index is 674. The van der Waals surface area contributed by atoms with Crippen molar-refractivity contribution in [1.29, 1.82) is 0 Å². The summed E-state index contributed by atoms with van der Waals surface area (Å²) in [5, 5.41) is 6.76. The SMILES string of the molecule is [S-]C1Nc2ccccc2N1.[S-]c1nc2ccccc2[nH]1.[Zn+2]. The number of hydrogen-bond donors (Lipinski definition) is 3. The van der Waals surface area contributed by atoms with Gasteiger partial charge in [0, 0.05) is 0 Å². The molecule has 1 aliphatic heterocycles. The smallest absolute Gasteiger partial charge is 0.747 e. The molecule has 1 aliphatic rings. The summed E-state index contributed by atoms with van der Waals surface area (Å²) < 4.78 is 0. The molecular weight excluding hydrogens is 354 g/mol. The Kier molecular flexibility index (Phi) is 5.45. The maximum atomic E-state index is 4.99. The number of nitrogens with zero attached hydrogens (tertiary/aromatic N) is 1. The van der Waals surface area contributed by atoms with Crippen LogP contribution in [0.4, 0.5) is 11.4 Å². The summed E-state index contributed by atoms with van der Waals surface area (Å²) in [6.45, 7) is 0. The van der Waals surface area contributed by atoms with Gasteiger partial charge in [0.2, 0.25) is 0 Å².